The number of amides is 2. The van der Waals surface area contributed by atoms with Crippen LogP contribution >= 0.6 is 12.4 Å². The van der Waals surface area contributed by atoms with Crippen molar-refractivity contribution in [1.82, 2.24) is 10.2 Å². The number of nitrogens with zero attached hydrogens (tertiary/aromatic N) is 1. The fourth-order valence-electron chi connectivity index (χ4n) is 1.52. The van der Waals surface area contributed by atoms with Crippen molar-refractivity contribution in [2.24, 2.45) is 0 Å². The van der Waals surface area contributed by atoms with Crippen LogP contribution < -0.4 is 15.4 Å². The van der Waals surface area contributed by atoms with E-state index in [1.165, 1.54) is 4.90 Å². The standard InChI is InChI=1S/C15H23N3O4.ClH/c1-18(2)15(20)11-22-13-6-4-5-12(9-13)17-14(19)10-16-7-8-21-3;/h4-6,9,16H,7-8,10-11H2,1-3H3,(H,17,19);1H. The molecule has 0 bridgehead atoms. The molecule has 0 aliphatic carbocycles. The van der Waals surface area contributed by atoms with Gasteiger partial charge in [-0.3, -0.25) is 9.59 Å². The zero-order chi connectivity index (χ0) is 16.4. The van der Waals surface area contributed by atoms with E-state index in [1.54, 1.807) is 45.5 Å². The van der Waals surface area contributed by atoms with Crippen molar-refractivity contribution in [3.05, 3.63) is 24.3 Å². The Morgan fingerprint density at radius 1 is 1.26 bits per heavy atom. The van der Waals surface area contributed by atoms with Gasteiger partial charge in [0.05, 0.1) is 13.2 Å². The molecule has 130 valence electrons. The number of carbonyl (C=O) groups excluding carboxylic acids is 2. The molecule has 0 unspecified atom stereocenters. The first-order valence-corrected chi connectivity index (χ1v) is 6.95. The number of hydrogen-bond acceptors (Lipinski definition) is 5. The summed E-state index contributed by atoms with van der Waals surface area (Å²) in [4.78, 5) is 24.6. The van der Waals surface area contributed by atoms with Crippen molar-refractivity contribution in [1.29, 1.82) is 0 Å². The Morgan fingerprint density at radius 3 is 2.65 bits per heavy atom. The molecule has 1 aromatic rings. The number of likely N-dealkylation sites (N-methyl/N-ethyl adjacent to an activating group) is 1. The third kappa shape index (κ3) is 9.02. The molecule has 23 heavy (non-hydrogen) atoms. The average Bonchev–Trinajstić information content (AvgIpc) is 2.49. The third-order valence-electron chi connectivity index (χ3n) is 2.75. The van der Waals surface area contributed by atoms with Gasteiger partial charge in [-0.05, 0) is 12.1 Å². The number of halogens is 1. The third-order valence-corrected chi connectivity index (χ3v) is 2.75. The lowest BCUT2D eigenvalue weighted by molar-refractivity contribution is -0.130. The van der Waals surface area contributed by atoms with Gasteiger partial charge in [-0.1, -0.05) is 6.07 Å². The zero-order valence-electron chi connectivity index (χ0n) is 13.6. The zero-order valence-corrected chi connectivity index (χ0v) is 14.4. The molecule has 0 radical (unpaired) electrons. The summed E-state index contributed by atoms with van der Waals surface area (Å²) in [7, 11) is 4.94. The van der Waals surface area contributed by atoms with Crippen LogP contribution in [0.4, 0.5) is 5.69 Å². The maximum Gasteiger partial charge on any atom is 0.259 e. The molecule has 1 rings (SSSR count). The lowest BCUT2D eigenvalue weighted by Crippen LogP contribution is -2.30. The van der Waals surface area contributed by atoms with Gasteiger partial charge in [0.25, 0.3) is 5.91 Å². The summed E-state index contributed by atoms with van der Waals surface area (Å²) in [5, 5.41) is 5.71. The van der Waals surface area contributed by atoms with E-state index >= 15 is 0 Å². The van der Waals surface area contributed by atoms with Crippen molar-refractivity contribution < 1.29 is 19.1 Å². The highest BCUT2D eigenvalue weighted by atomic mass is 35.5. The molecular weight excluding hydrogens is 322 g/mol. The van der Waals surface area contributed by atoms with Crippen molar-refractivity contribution >= 4 is 29.9 Å². The maximum absolute atomic E-state index is 11.7. The molecular formula is C15H24ClN3O4. The summed E-state index contributed by atoms with van der Waals surface area (Å²) in [5.41, 5.74) is 0.619. The molecule has 0 aliphatic heterocycles. The number of carbonyl (C=O) groups is 2. The molecule has 8 heteroatoms. The van der Waals surface area contributed by atoms with E-state index in [0.717, 1.165) is 0 Å². The molecule has 0 aromatic heterocycles. The van der Waals surface area contributed by atoms with Crippen LogP contribution in [0.15, 0.2) is 24.3 Å². The quantitative estimate of drug-likeness (QED) is 0.646. The van der Waals surface area contributed by atoms with Crippen LogP contribution in [-0.4, -0.2) is 64.2 Å². The number of anilines is 1. The summed E-state index contributed by atoms with van der Waals surface area (Å²) in [5.74, 6) is 0.245. The second-order valence-corrected chi connectivity index (χ2v) is 4.82. The minimum atomic E-state index is -0.155. The molecule has 0 heterocycles. The van der Waals surface area contributed by atoms with Crippen molar-refractivity contribution in [2.45, 2.75) is 0 Å². The highest BCUT2D eigenvalue weighted by molar-refractivity contribution is 5.92. The Labute approximate surface area is 142 Å². The van der Waals surface area contributed by atoms with Gasteiger partial charge >= 0.3 is 0 Å². The van der Waals surface area contributed by atoms with Crippen LogP contribution in [0, 0.1) is 0 Å². The Morgan fingerprint density at radius 2 is 2.00 bits per heavy atom. The fourth-order valence-corrected chi connectivity index (χ4v) is 1.52. The van der Waals surface area contributed by atoms with Crippen LogP contribution in [0.3, 0.4) is 0 Å². The van der Waals surface area contributed by atoms with Crippen LogP contribution in [0.2, 0.25) is 0 Å². The second-order valence-electron chi connectivity index (χ2n) is 4.82. The molecule has 2 amide bonds. The fraction of sp³-hybridized carbons (Fsp3) is 0.467. The van der Waals surface area contributed by atoms with E-state index in [2.05, 4.69) is 10.6 Å². The molecule has 0 saturated carbocycles. The lowest BCUT2D eigenvalue weighted by Gasteiger charge is -2.12. The number of ether oxygens (including phenoxy) is 2. The van der Waals surface area contributed by atoms with Gasteiger partial charge in [0.1, 0.15) is 5.75 Å². The predicted octanol–water partition coefficient (Wildman–Crippen LogP) is 0.750. The molecule has 2 N–H and O–H groups in total. The second kappa shape index (κ2) is 11.7. The van der Waals surface area contributed by atoms with E-state index in [4.69, 9.17) is 9.47 Å². The molecule has 7 nitrogen and oxygen atoms in total. The van der Waals surface area contributed by atoms with E-state index in [-0.39, 0.29) is 37.4 Å². The van der Waals surface area contributed by atoms with Gasteiger partial charge in [-0.25, -0.2) is 0 Å². The average molecular weight is 346 g/mol. The Kier molecular flexibility index (Phi) is 10.8. The van der Waals surface area contributed by atoms with Crippen molar-refractivity contribution in [2.75, 3.05) is 52.8 Å². The maximum atomic E-state index is 11.7. The molecule has 0 aliphatic rings. The summed E-state index contributed by atoms with van der Waals surface area (Å²) in [6, 6.07) is 6.92. The van der Waals surface area contributed by atoms with Crippen molar-refractivity contribution in [3.63, 3.8) is 0 Å². The van der Waals surface area contributed by atoms with Gasteiger partial charge in [-0.15, -0.1) is 12.4 Å². The topological polar surface area (TPSA) is 79.9 Å². The number of methoxy groups -OCH3 is 1. The van der Waals surface area contributed by atoms with E-state index in [9.17, 15) is 9.59 Å². The first-order chi connectivity index (χ1) is 10.5. The monoisotopic (exact) mass is 345 g/mol. The van der Waals surface area contributed by atoms with E-state index < -0.39 is 0 Å². The Balaban J connectivity index is 0.00000484. The molecule has 0 saturated heterocycles. The van der Waals surface area contributed by atoms with Crippen LogP contribution in [0.5, 0.6) is 5.75 Å². The molecule has 1 aromatic carbocycles. The number of rotatable bonds is 9. The van der Waals surface area contributed by atoms with Crippen LogP contribution in [0.25, 0.3) is 0 Å². The van der Waals surface area contributed by atoms with Gasteiger partial charge in [0, 0.05) is 39.5 Å². The van der Waals surface area contributed by atoms with E-state index in [0.29, 0.717) is 24.6 Å². The highest BCUT2D eigenvalue weighted by Crippen LogP contribution is 2.17. The Bertz CT molecular complexity index is 497. The molecule has 0 fully saturated rings. The van der Waals surface area contributed by atoms with Crippen LogP contribution in [-0.2, 0) is 14.3 Å². The normalized spacial score (nSPS) is 9.70. The largest absolute Gasteiger partial charge is 0.484 e. The minimum absolute atomic E-state index is 0. The predicted molar refractivity (Wildman–Crippen MR) is 91.3 cm³/mol. The number of nitrogens with one attached hydrogen (secondary N) is 2. The van der Waals surface area contributed by atoms with E-state index in [1.807, 2.05) is 0 Å². The Hall–Kier alpha value is -1.83. The van der Waals surface area contributed by atoms with Crippen molar-refractivity contribution in [3.8, 4) is 5.75 Å². The lowest BCUT2D eigenvalue weighted by atomic mass is 10.3. The number of benzene rings is 1. The van der Waals surface area contributed by atoms with Crippen LogP contribution in [0.1, 0.15) is 0 Å². The number of hydrogen-bond donors (Lipinski definition) is 2. The minimum Gasteiger partial charge on any atom is -0.484 e. The molecule has 0 spiro atoms. The SMILES string of the molecule is COCCNCC(=O)Nc1cccc(OCC(=O)N(C)C)c1.Cl. The summed E-state index contributed by atoms with van der Waals surface area (Å²) in [6.45, 7) is 1.33. The molecule has 0 atom stereocenters. The summed E-state index contributed by atoms with van der Waals surface area (Å²) >= 11 is 0. The van der Waals surface area contributed by atoms with Gasteiger partial charge in [-0.2, -0.15) is 0 Å². The smallest absolute Gasteiger partial charge is 0.259 e. The summed E-state index contributed by atoms with van der Waals surface area (Å²) in [6.07, 6.45) is 0. The first-order valence-electron chi connectivity index (χ1n) is 6.95. The first kappa shape index (κ1) is 21.2. The van der Waals surface area contributed by atoms with Gasteiger partial charge in [0.15, 0.2) is 6.61 Å². The highest BCUT2D eigenvalue weighted by Gasteiger charge is 2.06. The van der Waals surface area contributed by atoms with Gasteiger partial charge in [0.2, 0.25) is 5.91 Å². The van der Waals surface area contributed by atoms with Gasteiger partial charge < -0.3 is 25.0 Å². The summed E-state index contributed by atoms with van der Waals surface area (Å²) < 4.78 is 10.3.